The number of fused-ring (bicyclic) bond motifs is 1. The molecule has 0 spiro atoms. The van der Waals surface area contributed by atoms with Gasteiger partial charge in [0.2, 0.25) is 0 Å². The Morgan fingerprint density at radius 1 is 1.53 bits per heavy atom. The van der Waals surface area contributed by atoms with Crippen LogP contribution in [-0.4, -0.2) is 27.7 Å². The summed E-state index contributed by atoms with van der Waals surface area (Å²) in [6, 6.07) is 2.33. The maximum absolute atomic E-state index is 6.14. The third-order valence-corrected chi connectivity index (χ3v) is 3.93. The summed E-state index contributed by atoms with van der Waals surface area (Å²) in [4.78, 5) is 8.98. The number of imidazole rings is 1. The van der Waals surface area contributed by atoms with Crippen LogP contribution >= 0.6 is 27.5 Å². The van der Waals surface area contributed by atoms with Gasteiger partial charge in [-0.05, 0) is 13.0 Å². The number of pyridine rings is 1. The highest BCUT2D eigenvalue weighted by Crippen LogP contribution is 2.28. The van der Waals surface area contributed by atoms with E-state index in [1.54, 1.807) is 0 Å². The van der Waals surface area contributed by atoms with Crippen molar-refractivity contribution in [3.8, 4) is 0 Å². The molecule has 90 valence electrons. The van der Waals surface area contributed by atoms with E-state index >= 15 is 0 Å². The number of aromatic nitrogens is 3. The Morgan fingerprint density at radius 3 is 2.88 bits per heavy atom. The lowest BCUT2D eigenvalue weighted by Crippen LogP contribution is -2.31. The van der Waals surface area contributed by atoms with Gasteiger partial charge in [-0.2, -0.15) is 0 Å². The van der Waals surface area contributed by atoms with Crippen LogP contribution in [-0.2, 0) is 10.1 Å². The molecule has 2 aromatic rings. The Hall–Kier alpha value is -0.650. The molecule has 1 aliphatic rings. The summed E-state index contributed by atoms with van der Waals surface area (Å²) in [7, 11) is 0. The molecule has 0 unspecified atom stereocenters. The van der Waals surface area contributed by atoms with Gasteiger partial charge in [-0.15, -0.1) is 0 Å². The van der Waals surface area contributed by atoms with Crippen molar-refractivity contribution in [2.45, 2.75) is 18.3 Å². The molecule has 2 aromatic heterocycles. The molecule has 1 fully saturated rings. The smallest absolute Gasteiger partial charge is 0.162 e. The van der Waals surface area contributed by atoms with Gasteiger partial charge in [-0.25, -0.2) is 9.97 Å². The predicted molar refractivity (Wildman–Crippen MR) is 69.8 cm³/mol. The minimum absolute atomic E-state index is 0.346. The van der Waals surface area contributed by atoms with Crippen molar-refractivity contribution in [2.75, 3.05) is 13.2 Å². The van der Waals surface area contributed by atoms with E-state index < -0.39 is 0 Å². The maximum atomic E-state index is 6.14. The second kappa shape index (κ2) is 4.23. The molecule has 6 heteroatoms. The lowest BCUT2D eigenvalue weighted by molar-refractivity contribution is -0.0226. The normalized spacial score (nSPS) is 16.4. The SMILES string of the molecule is Cc1nc2cc(CBr)c(Cl)nc2n1C1COC1. The molecule has 0 radical (unpaired) electrons. The summed E-state index contributed by atoms with van der Waals surface area (Å²) in [5.41, 5.74) is 2.72. The quantitative estimate of drug-likeness (QED) is 0.632. The zero-order valence-corrected chi connectivity index (χ0v) is 11.6. The minimum Gasteiger partial charge on any atom is -0.377 e. The zero-order chi connectivity index (χ0) is 12.0. The number of nitrogens with zero attached hydrogens (tertiary/aromatic N) is 3. The van der Waals surface area contributed by atoms with Gasteiger partial charge >= 0.3 is 0 Å². The molecular formula is C11H11BrClN3O. The van der Waals surface area contributed by atoms with E-state index in [0.29, 0.717) is 16.5 Å². The Balaban J connectivity index is 2.21. The molecule has 4 nitrogen and oxygen atoms in total. The zero-order valence-electron chi connectivity index (χ0n) is 9.28. The number of ether oxygens (including phenoxy) is 1. The second-order valence-electron chi connectivity index (χ2n) is 4.13. The number of rotatable bonds is 2. The van der Waals surface area contributed by atoms with Crippen molar-refractivity contribution in [3.63, 3.8) is 0 Å². The van der Waals surface area contributed by atoms with E-state index in [2.05, 4.69) is 30.5 Å². The summed E-state index contributed by atoms with van der Waals surface area (Å²) in [6.45, 7) is 3.44. The fourth-order valence-electron chi connectivity index (χ4n) is 2.06. The van der Waals surface area contributed by atoms with Crippen LogP contribution in [0.5, 0.6) is 0 Å². The van der Waals surface area contributed by atoms with Crippen molar-refractivity contribution >= 4 is 38.7 Å². The molecule has 1 aliphatic heterocycles. The molecule has 1 saturated heterocycles. The highest BCUT2D eigenvalue weighted by Gasteiger charge is 2.25. The Kier molecular flexibility index (Phi) is 2.84. The highest BCUT2D eigenvalue weighted by atomic mass is 79.9. The molecule has 0 amide bonds. The van der Waals surface area contributed by atoms with Crippen molar-refractivity contribution in [1.82, 2.24) is 14.5 Å². The highest BCUT2D eigenvalue weighted by molar-refractivity contribution is 9.08. The van der Waals surface area contributed by atoms with Gasteiger partial charge in [0, 0.05) is 10.9 Å². The molecule has 17 heavy (non-hydrogen) atoms. The minimum atomic E-state index is 0.346. The summed E-state index contributed by atoms with van der Waals surface area (Å²) >= 11 is 9.53. The Labute approximate surface area is 112 Å². The topological polar surface area (TPSA) is 39.9 Å². The van der Waals surface area contributed by atoms with Crippen LogP contribution in [0.4, 0.5) is 0 Å². The summed E-state index contributed by atoms with van der Waals surface area (Å²) in [5.74, 6) is 0.962. The van der Waals surface area contributed by atoms with Gasteiger partial charge in [0.05, 0.1) is 19.3 Å². The standard InChI is InChI=1S/C11H11BrClN3O/c1-6-14-9-2-7(3-12)10(13)15-11(9)16(6)8-4-17-5-8/h2,8H,3-5H2,1H3. The second-order valence-corrected chi connectivity index (χ2v) is 5.05. The Bertz CT molecular complexity index is 580. The molecule has 0 atom stereocenters. The number of halogens is 2. The fourth-order valence-corrected chi connectivity index (χ4v) is 2.85. The van der Waals surface area contributed by atoms with E-state index in [4.69, 9.17) is 16.3 Å². The number of hydrogen-bond donors (Lipinski definition) is 0. The largest absolute Gasteiger partial charge is 0.377 e. The molecular weight excluding hydrogens is 305 g/mol. The van der Waals surface area contributed by atoms with Gasteiger partial charge in [-0.1, -0.05) is 27.5 Å². The first-order valence-electron chi connectivity index (χ1n) is 5.38. The van der Waals surface area contributed by atoms with E-state index in [1.807, 2.05) is 13.0 Å². The third kappa shape index (κ3) is 1.77. The molecule has 0 N–H and O–H groups in total. The van der Waals surface area contributed by atoms with Crippen LogP contribution in [0.25, 0.3) is 11.2 Å². The predicted octanol–water partition coefficient (Wildman–Crippen LogP) is 2.86. The van der Waals surface area contributed by atoms with Crippen LogP contribution in [0.1, 0.15) is 17.4 Å². The fraction of sp³-hybridized carbons (Fsp3) is 0.455. The van der Waals surface area contributed by atoms with Gasteiger partial charge in [0.15, 0.2) is 5.65 Å². The van der Waals surface area contributed by atoms with Gasteiger partial charge < -0.3 is 9.30 Å². The Morgan fingerprint density at radius 2 is 2.29 bits per heavy atom. The van der Waals surface area contributed by atoms with Crippen LogP contribution < -0.4 is 0 Å². The molecule has 0 saturated carbocycles. The van der Waals surface area contributed by atoms with E-state index in [0.717, 1.165) is 35.8 Å². The maximum Gasteiger partial charge on any atom is 0.162 e. The molecule has 3 heterocycles. The van der Waals surface area contributed by atoms with Crippen LogP contribution in [0.15, 0.2) is 6.07 Å². The lowest BCUT2D eigenvalue weighted by Gasteiger charge is -2.28. The molecule has 0 bridgehead atoms. The summed E-state index contributed by atoms with van der Waals surface area (Å²) in [5, 5.41) is 1.23. The van der Waals surface area contributed by atoms with Crippen LogP contribution in [0, 0.1) is 6.92 Å². The number of alkyl halides is 1. The lowest BCUT2D eigenvalue weighted by atomic mass is 10.2. The van der Waals surface area contributed by atoms with E-state index in [-0.39, 0.29) is 0 Å². The van der Waals surface area contributed by atoms with Crippen LogP contribution in [0.3, 0.4) is 0 Å². The molecule has 3 rings (SSSR count). The van der Waals surface area contributed by atoms with Crippen LogP contribution in [0.2, 0.25) is 5.15 Å². The first-order chi connectivity index (χ1) is 8.20. The number of hydrogen-bond acceptors (Lipinski definition) is 3. The summed E-state index contributed by atoms with van der Waals surface area (Å²) in [6.07, 6.45) is 0. The average molecular weight is 317 g/mol. The third-order valence-electron chi connectivity index (χ3n) is 3.00. The summed E-state index contributed by atoms with van der Waals surface area (Å²) < 4.78 is 7.33. The van der Waals surface area contributed by atoms with Gasteiger partial charge in [-0.3, -0.25) is 0 Å². The number of aryl methyl sites for hydroxylation is 1. The van der Waals surface area contributed by atoms with Crippen molar-refractivity contribution in [3.05, 3.63) is 22.6 Å². The average Bonchev–Trinajstić information content (AvgIpc) is 2.53. The van der Waals surface area contributed by atoms with Crippen molar-refractivity contribution in [1.29, 1.82) is 0 Å². The first kappa shape index (κ1) is 11.4. The molecule has 0 aromatic carbocycles. The van der Waals surface area contributed by atoms with Gasteiger partial charge in [0.1, 0.15) is 16.5 Å². The molecule has 0 aliphatic carbocycles. The van der Waals surface area contributed by atoms with Gasteiger partial charge in [0.25, 0.3) is 0 Å². The first-order valence-corrected chi connectivity index (χ1v) is 6.88. The van der Waals surface area contributed by atoms with E-state index in [9.17, 15) is 0 Å². The van der Waals surface area contributed by atoms with Crippen molar-refractivity contribution in [2.24, 2.45) is 0 Å². The van der Waals surface area contributed by atoms with E-state index in [1.165, 1.54) is 0 Å². The van der Waals surface area contributed by atoms with Crippen molar-refractivity contribution < 1.29 is 4.74 Å². The monoisotopic (exact) mass is 315 g/mol.